The van der Waals surface area contributed by atoms with E-state index in [9.17, 15) is 30.0 Å². The topological polar surface area (TPSA) is 165 Å². The van der Waals surface area contributed by atoms with Gasteiger partial charge in [-0.1, -0.05) is 0 Å². The lowest BCUT2D eigenvalue weighted by Crippen LogP contribution is -2.60. The third kappa shape index (κ3) is 4.54. The number of aliphatic hydroxyl groups excluding tert-OH is 3. The van der Waals surface area contributed by atoms with Crippen LogP contribution >= 0.6 is 0 Å². The van der Waals surface area contributed by atoms with E-state index >= 15 is 0 Å². The van der Waals surface area contributed by atoms with E-state index in [1.807, 2.05) is 0 Å². The maximum Gasteiger partial charge on any atom is 0.338 e. The monoisotopic (exact) mass is 424 g/mol. The number of methoxy groups -OCH3 is 1. The van der Waals surface area contributed by atoms with Crippen LogP contribution < -0.4 is 14.9 Å². The third-order valence-corrected chi connectivity index (χ3v) is 4.42. The summed E-state index contributed by atoms with van der Waals surface area (Å²) in [5, 5.41) is 39.9. The Hall–Kier alpha value is -3.12. The summed E-state index contributed by atoms with van der Waals surface area (Å²) in [6.45, 7) is -0.504. The van der Waals surface area contributed by atoms with Crippen molar-refractivity contribution in [3.63, 3.8) is 0 Å². The average Bonchev–Trinajstić information content (AvgIpc) is 2.74. The average molecular weight is 424 g/mol. The van der Waals surface area contributed by atoms with E-state index in [4.69, 9.17) is 23.4 Å². The lowest BCUT2D eigenvalue weighted by molar-refractivity contribution is -0.277. The molecule has 0 unspecified atom stereocenters. The maximum absolute atomic E-state index is 12.2. The third-order valence-electron chi connectivity index (χ3n) is 4.42. The Bertz CT molecular complexity index is 940. The fourth-order valence-corrected chi connectivity index (χ4v) is 2.75. The molecule has 1 saturated heterocycles. The summed E-state index contributed by atoms with van der Waals surface area (Å²) < 4.78 is 25.5. The number of hydrogen-bond donors (Lipinski definition) is 4. The summed E-state index contributed by atoms with van der Waals surface area (Å²) in [5.41, 5.74) is -0.493. The van der Waals surface area contributed by atoms with Crippen LogP contribution in [0.25, 0.3) is 0 Å². The van der Waals surface area contributed by atoms with Crippen LogP contribution in [0, 0.1) is 0 Å². The second-order valence-corrected chi connectivity index (χ2v) is 6.40. The van der Waals surface area contributed by atoms with Crippen LogP contribution in [0.2, 0.25) is 0 Å². The van der Waals surface area contributed by atoms with Crippen molar-refractivity contribution in [2.75, 3.05) is 13.7 Å². The highest BCUT2D eigenvalue weighted by Crippen LogP contribution is 2.27. The summed E-state index contributed by atoms with van der Waals surface area (Å²) in [6, 6.07) is 4.89. The summed E-state index contributed by atoms with van der Waals surface area (Å²) >= 11 is 0. The van der Waals surface area contributed by atoms with Crippen molar-refractivity contribution < 1.29 is 48.6 Å². The molecule has 1 fully saturated rings. The van der Waals surface area contributed by atoms with Gasteiger partial charge < -0.3 is 43.8 Å². The Morgan fingerprint density at radius 2 is 1.87 bits per heavy atom. The summed E-state index contributed by atoms with van der Waals surface area (Å²) in [6.07, 6.45) is -5.67. The first-order chi connectivity index (χ1) is 14.3. The molecule has 1 aromatic carbocycles. The second kappa shape index (κ2) is 9.13. The van der Waals surface area contributed by atoms with Gasteiger partial charge in [0.1, 0.15) is 37.3 Å². The lowest BCUT2D eigenvalue weighted by Gasteiger charge is -2.39. The highest BCUT2D eigenvalue weighted by molar-refractivity contribution is 5.90. The highest BCUT2D eigenvalue weighted by Gasteiger charge is 2.45. The van der Waals surface area contributed by atoms with Crippen molar-refractivity contribution in [1.29, 1.82) is 0 Å². The molecular formula is C19H20O11. The molecule has 0 saturated carbocycles. The van der Waals surface area contributed by atoms with Crippen LogP contribution in [0.15, 0.2) is 46.0 Å². The number of ether oxygens (including phenoxy) is 4. The van der Waals surface area contributed by atoms with Gasteiger partial charge in [-0.15, -0.1) is 0 Å². The van der Waals surface area contributed by atoms with Crippen LogP contribution in [0.1, 0.15) is 10.4 Å². The number of benzene rings is 1. The van der Waals surface area contributed by atoms with Crippen LogP contribution in [-0.2, 0) is 9.47 Å². The predicted molar refractivity (Wildman–Crippen MR) is 97.2 cm³/mol. The van der Waals surface area contributed by atoms with Gasteiger partial charge in [0.25, 0.3) is 0 Å². The minimum Gasteiger partial charge on any atom is -0.504 e. The van der Waals surface area contributed by atoms with E-state index in [1.54, 1.807) is 0 Å². The number of phenols is 1. The van der Waals surface area contributed by atoms with E-state index < -0.39 is 48.7 Å². The molecule has 3 rings (SSSR count). The smallest absolute Gasteiger partial charge is 0.338 e. The van der Waals surface area contributed by atoms with E-state index in [0.717, 1.165) is 18.6 Å². The van der Waals surface area contributed by atoms with E-state index in [-0.39, 0.29) is 22.8 Å². The Balaban J connectivity index is 1.68. The SMILES string of the molecule is COc1cc(C(=O)OC[C@H]2O[C@@H](Oc3coccc3=O)[C@H](O)[C@@H](O)[C@@H]2O)ccc1O. The molecule has 5 atom stereocenters. The molecule has 0 aliphatic carbocycles. The van der Waals surface area contributed by atoms with Gasteiger partial charge in [0.15, 0.2) is 11.5 Å². The first-order valence-corrected chi connectivity index (χ1v) is 8.78. The molecule has 30 heavy (non-hydrogen) atoms. The Morgan fingerprint density at radius 1 is 1.10 bits per heavy atom. The molecule has 0 radical (unpaired) electrons. The molecule has 162 valence electrons. The number of aromatic hydroxyl groups is 1. The first kappa shape index (κ1) is 21.6. The fraction of sp³-hybridized carbons (Fsp3) is 0.368. The fourth-order valence-electron chi connectivity index (χ4n) is 2.75. The van der Waals surface area contributed by atoms with Crippen LogP contribution in [0.5, 0.6) is 17.2 Å². The maximum atomic E-state index is 12.2. The second-order valence-electron chi connectivity index (χ2n) is 6.40. The van der Waals surface area contributed by atoms with Gasteiger partial charge in [0.05, 0.1) is 18.9 Å². The van der Waals surface area contributed by atoms with Gasteiger partial charge in [-0.3, -0.25) is 4.79 Å². The summed E-state index contributed by atoms with van der Waals surface area (Å²) in [5.74, 6) is -1.20. The zero-order valence-corrected chi connectivity index (χ0v) is 15.7. The zero-order chi connectivity index (χ0) is 21.8. The van der Waals surface area contributed by atoms with Crippen molar-refractivity contribution in [2.24, 2.45) is 0 Å². The normalized spacial score (nSPS) is 26.1. The number of aliphatic hydroxyl groups is 3. The van der Waals surface area contributed by atoms with Crippen molar-refractivity contribution in [3.8, 4) is 17.2 Å². The van der Waals surface area contributed by atoms with Gasteiger partial charge >= 0.3 is 5.97 Å². The number of esters is 1. The largest absolute Gasteiger partial charge is 0.504 e. The first-order valence-electron chi connectivity index (χ1n) is 8.78. The molecule has 1 aliphatic heterocycles. The zero-order valence-electron chi connectivity index (χ0n) is 15.7. The van der Waals surface area contributed by atoms with Crippen LogP contribution in [-0.4, -0.2) is 70.8 Å². The Kier molecular flexibility index (Phi) is 6.57. The lowest BCUT2D eigenvalue weighted by atomic mass is 9.99. The van der Waals surface area contributed by atoms with Gasteiger partial charge in [-0.05, 0) is 18.2 Å². The summed E-state index contributed by atoms with van der Waals surface area (Å²) in [7, 11) is 1.32. The molecular weight excluding hydrogens is 404 g/mol. The van der Waals surface area contributed by atoms with Gasteiger partial charge in [-0.2, -0.15) is 0 Å². The molecule has 0 amide bonds. The standard InChI is InChI=1S/C19H20O11/c1-26-12-6-9(2-3-10(12)20)18(25)28-8-14-15(22)16(23)17(24)19(30-14)29-13-7-27-5-4-11(13)21/h2-7,14-17,19-20,22-24H,8H2,1H3/t14-,15-,16+,17-,19-/m1/s1. The number of carbonyl (C=O) groups is 1. The number of hydrogen-bond acceptors (Lipinski definition) is 11. The quantitative estimate of drug-likeness (QED) is 0.437. The molecule has 2 heterocycles. The highest BCUT2D eigenvalue weighted by atomic mass is 16.7. The number of rotatable bonds is 6. The molecule has 4 N–H and O–H groups in total. The van der Waals surface area contributed by atoms with Crippen molar-refractivity contribution >= 4 is 5.97 Å². The Labute approximate surface area is 169 Å². The van der Waals surface area contributed by atoms with Gasteiger partial charge in [0, 0.05) is 6.07 Å². The van der Waals surface area contributed by atoms with E-state index in [0.29, 0.717) is 0 Å². The molecule has 11 nitrogen and oxygen atoms in total. The van der Waals surface area contributed by atoms with E-state index in [2.05, 4.69) is 0 Å². The molecule has 0 bridgehead atoms. The molecule has 1 aliphatic rings. The molecule has 1 aromatic heterocycles. The molecule has 0 spiro atoms. The predicted octanol–water partition coefficient (Wildman–Crippen LogP) is -0.603. The van der Waals surface area contributed by atoms with E-state index in [1.165, 1.54) is 25.3 Å². The number of carbonyl (C=O) groups excluding carboxylic acids is 1. The van der Waals surface area contributed by atoms with Crippen molar-refractivity contribution in [1.82, 2.24) is 0 Å². The molecule has 11 heteroatoms. The Morgan fingerprint density at radius 3 is 2.57 bits per heavy atom. The summed E-state index contributed by atoms with van der Waals surface area (Å²) in [4.78, 5) is 24.0. The molecule has 2 aromatic rings. The van der Waals surface area contributed by atoms with Gasteiger partial charge in [-0.25, -0.2) is 4.79 Å². The number of phenolic OH excluding ortho intramolecular Hbond substituents is 1. The van der Waals surface area contributed by atoms with Gasteiger partial charge in [0.2, 0.25) is 17.5 Å². The minimum absolute atomic E-state index is 0.0604. The van der Waals surface area contributed by atoms with Crippen LogP contribution in [0.3, 0.4) is 0 Å². The minimum atomic E-state index is -1.70. The van der Waals surface area contributed by atoms with Crippen molar-refractivity contribution in [3.05, 3.63) is 52.6 Å². The van der Waals surface area contributed by atoms with Crippen LogP contribution in [0.4, 0.5) is 0 Å². The van der Waals surface area contributed by atoms with Crippen molar-refractivity contribution in [2.45, 2.75) is 30.7 Å².